The largest absolute Gasteiger partial charge is 0.492 e. The minimum Gasteiger partial charge on any atom is -0.492 e. The molecule has 0 unspecified atom stereocenters. The van der Waals surface area contributed by atoms with Gasteiger partial charge in [0.15, 0.2) is 0 Å². The van der Waals surface area contributed by atoms with Crippen molar-refractivity contribution in [3.05, 3.63) is 76.9 Å². The lowest BCUT2D eigenvalue weighted by Gasteiger charge is -2.15. The van der Waals surface area contributed by atoms with Crippen LogP contribution in [0.4, 0.5) is 5.69 Å². The summed E-state index contributed by atoms with van der Waals surface area (Å²) < 4.78 is 34.4. The Morgan fingerprint density at radius 3 is 2.57 bits per heavy atom. The first-order valence-corrected chi connectivity index (χ1v) is 14.4. The van der Waals surface area contributed by atoms with Crippen LogP contribution in [0.25, 0.3) is 11.1 Å². The molecule has 0 aromatic heterocycles. The Balaban J connectivity index is 1.42. The third-order valence-corrected chi connectivity index (χ3v) is 7.49. The van der Waals surface area contributed by atoms with E-state index in [-0.39, 0.29) is 18.1 Å². The maximum absolute atomic E-state index is 11.3. The van der Waals surface area contributed by atoms with Crippen LogP contribution in [0.1, 0.15) is 41.0 Å². The summed E-state index contributed by atoms with van der Waals surface area (Å²) in [6.45, 7) is 5.53. The molecule has 2 N–H and O–H groups in total. The number of ether oxygens (including phenoxy) is 2. The molecule has 196 valence electrons. The summed E-state index contributed by atoms with van der Waals surface area (Å²) >= 11 is 0. The van der Waals surface area contributed by atoms with Gasteiger partial charge in [0.05, 0.1) is 18.8 Å². The van der Waals surface area contributed by atoms with Crippen molar-refractivity contribution in [3.63, 3.8) is 0 Å². The Kier molecular flexibility index (Phi) is 8.07. The number of carboxylic acids is 1. The molecule has 7 nitrogen and oxygen atoms in total. The molecule has 1 aliphatic rings. The number of rotatable bonds is 11. The van der Waals surface area contributed by atoms with Gasteiger partial charge in [0.25, 0.3) is 0 Å². The summed E-state index contributed by atoms with van der Waals surface area (Å²) in [4.78, 5) is 11.1. The van der Waals surface area contributed by atoms with Gasteiger partial charge in [-0.05, 0) is 72.4 Å². The second kappa shape index (κ2) is 11.3. The molecule has 0 spiro atoms. The van der Waals surface area contributed by atoms with Gasteiger partial charge in [0.1, 0.15) is 27.9 Å². The van der Waals surface area contributed by atoms with Crippen molar-refractivity contribution in [2.45, 2.75) is 39.2 Å². The van der Waals surface area contributed by atoms with E-state index in [1.165, 1.54) is 11.8 Å². The fraction of sp³-hybridized carbons (Fsp3) is 0.345. The number of anilines is 1. The normalized spacial score (nSPS) is 14.6. The predicted molar refractivity (Wildman–Crippen MR) is 145 cm³/mol. The monoisotopic (exact) mass is 523 g/mol. The van der Waals surface area contributed by atoms with Gasteiger partial charge in [-0.25, -0.2) is 8.42 Å². The van der Waals surface area contributed by atoms with Crippen LogP contribution < -0.4 is 14.8 Å². The molecule has 4 rings (SSSR count). The number of aryl methyl sites for hydroxylation is 2. The quantitative estimate of drug-likeness (QED) is 0.327. The van der Waals surface area contributed by atoms with Crippen LogP contribution in [0.3, 0.4) is 0 Å². The first-order chi connectivity index (χ1) is 17.6. The molecule has 3 aromatic rings. The number of carbonyl (C=O) groups is 1. The second-order valence-electron chi connectivity index (χ2n) is 9.69. The molecule has 0 saturated heterocycles. The number of hydrogen-bond acceptors (Lipinski definition) is 6. The highest BCUT2D eigenvalue weighted by Gasteiger charge is 2.26. The molecule has 1 heterocycles. The number of aliphatic carboxylic acids is 1. The van der Waals surface area contributed by atoms with Crippen LogP contribution in [0.15, 0.2) is 54.6 Å². The third-order valence-electron chi connectivity index (χ3n) is 6.46. The fourth-order valence-electron chi connectivity index (χ4n) is 4.80. The van der Waals surface area contributed by atoms with Crippen LogP contribution in [0, 0.1) is 13.8 Å². The van der Waals surface area contributed by atoms with Crippen molar-refractivity contribution in [1.82, 2.24) is 0 Å². The predicted octanol–water partition coefficient (Wildman–Crippen LogP) is 5.35. The number of benzene rings is 3. The van der Waals surface area contributed by atoms with Gasteiger partial charge in [-0.1, -0.05) is 24.3 Å². The zero-order valence-corrected chi connectivity index (χ0v) is 22.2. The minimum absolute atomic E-state index is 0.0546. The van der Waals surface area contributed by atoms with Crippen molar-refractivity contribution >= 4 is 21.5 Å². The highest BCUT2D eigenvalue weighted by Crippen LogP contribution is 2.38. The lowest BCUT2D eigenvalue weighted by molar-refractivity contribution is -0.137. The van der Waals surface area contributed by atoms with Crippen molar-refractivity contribution in [2.24, 2.45) is 0 Å². The molecule has 0 bridgehead atoms. The molecular formula is C29H33NO6S. The number of carboxylic acid groups (broad SMARTS) is 1. The SMILES string of the molecule is Cc1cc(NCCCS(C)(=O)=O)cc(C)c1-c1cccc(COc2ccc3c(c2)OC[C@H]3CC(=O)O)c1. The maximum Gasteiger partial charge on any atom is 0.304 e. The van der Waals surface area contributed by atoms with Gasteiger partial charge >= 0.3 is 5.97 Å². The summed E-state index contributed by atoms with van der Waals surface area (Å²) in [5.74, 6) is 0.586. The van der Waals surface area contributed by atoms with Crippen molar-refractivity contribution in [2.75, 3.05) is 30.5 Å². The molecule has 0 amide bonds. The zero-order chi connectivity index (χ0) is 26.6. The maximum atomic E-state index is 11.3. The molecular weight excluding hydrogens is 490 g/mol. The number of hydrogen-bond donors (Lipinski definition) is 2. The van der Waals surface area contributed by atoms with E-state index in [2.05, 4.69) is 43.4 Å². The Hall–Kier alpha value is -3.52. The van der Waals surface area contributed by atoms with Crippen LogP contribution in [-0.4, -0.2) is 44.7 Å². The topological polar surface area (TPSA) is 102 Å². The highest BCUT2D eigenvalue weighted by atomic mass is 32.2. The summed E-state index contributed by atoms with van der Waals surface area (Å²) in [5, 5.41) is 12.4. The molecule has 0 fully saturated rings. The zero-order valence-electron chi connectivity index (χ0n) is 21.4. The van der Waals surface area contributed by atoms with E-state index >= 15 is 0 Å². The van der Waals surface area contributed by atoms with Gasteiger partial charge in [0, 0.05) is 36.0 Å². The van der Waals surface area contributed by atoms with E-state index in [4.69, 9.17) is 14.6 Å². The van der Waals surface area contributed by atoms with Crippen LogP contribution in [-0.2, 0) is 21.2 Å². The summed E-state index contributed by atoms with van der Waals surface area (Å²) in [6, 6.07) is 18.0. The smallest absolute Gasteiger partial charge is 0.304 e. The van der Waals surface area contributed by atoms with E-state index in [0.29, 0.717) is 37.7 Å². The lowest BCUT2D eigenvalue weighted by Crippen LogP contribution is -2.10. The van der Waals surface area contributed by atoms with E-state index in [1.807, 2.05) is 30.3 Å². The van der Waals surface area contributed by atoms with Crippen LogP contribution >= 0.6 is 0 Å². The standard InChI is InChI=1S/C29H33NO6S/c1-19-12-24(30-10-5-11-37(3,33)34)13-20(2)29(19)22-7-4-6-21(14-22)17-35-25-8-9-26-23(15-28(31)32)18-36-27(26)16-25/h4,6-9,12-14,16,23,30H,5,10-11,15,17-18H2,1-3H3,(H,31,32)/t23-/m1/s1. The first-order valence-electron chi connectivity index (χ1n) is 12.3. The Labute approximate surface area is 218 Å². The molecule has 3 aromatic carbocycles. The molecule has 1 atom stereocenters. The molecule has 1 aliphatic heterocycles. The summed E-state index contributed by atoms with van der Waals surface area (Å²) in [5.41, 5.74) is 7.47. The van der Waals surface area contributed by atoms with Crippen molar-refractivity contribution in [1.29, 1.82) is 0 Å². The second-order valence-corrected chi connectivity index (χ2v) is 11.9. The van der Waals surface area contributed by atoms with E-state index in [1.54, 1.807) is 0 Å². The number of nitrogens with one attached hydrogen (secondary N) is 1. The van der Waals surface area contributed by atoms with Gasteiger partial charge in [0.2, 0.25) is 0 Å². The minimum atomic E-state index is -2.95. The molecule has 0 radical (unpaired) electrons. The number of fused-ring (bicyclic) bond motifs is 1. The van der Waals surface area contributed by atoms with Gasteiger partial charge in [-0.2, -0.15) is 0 Å². The Morgan fingerprint density at radius 1 is 1.11 bits per heavy atom. The molecule has 0 aliphatic carbocycles. The van der Waals surface area contributed by atoms with E-state index < -0.39 is 15.8 Å². The van der Waals surface area contributed by atoms with Crippen molar-refractivity contribution < 1.29 is 27.8 Å². The Morgan fingerprint density at radius 2 is 1.86 bits per heavy atom. The average Bonchev–Trinajstić information content (AvgIpc) is 3.21. The van der Waals surface area contributed by atoms with Gasteiger partial charge in [-0.15, -0.1) is 0 Å². The Bertz CT molecular complexity index is 1380. The fourth-order valence-corrected chi connectivity index (χ4v) is 5.47. The highest BCUT2D eigenvalue weighted by molar-refractivity contribution is 7.90. The molecule has 8 heteroatoms. The van der Waals surface area contributed by atoms with Crippen LogP contribution in [0.2, 0.25) is 0 Å². The first kappa shape index (κ1) is 26.5. The summed E-state index contributed by atoms with van der Waals surface area (Å²) in [7, 11) is -2.95. The van der Waals surface area contributed by atoms with Crippen molar-refractivity contribution in [3.8, 4) is 22.6 Å². The van der Waals surface area contributed by atoms with Gasteiger partial charge in [-0.3, -0.25) is 4.79 Å². The lowest BCUT2D eigenvalue weighted by atomic mass is 9.94. The van der Waals surface area contributed by atoms with E-state index in [9.17, 15) is 13.2 Å². The third kappa shape index (κ3) is 7.04. The number of sulfone groups is 1. The van der Waals surface area contributed by atoms with E-state index in [0.717, 1.165) is 33.5 Å². The van der Waals surface area contributed by atoms with Crippen LogP contribution in [0.5, 0.6) is 11.5 Å². The average molecular weight is 524 g/mol. The van der Waals surface area contributed by atoms with Gasteiger partial charge < -0.3 is 19.9 Å². The molecule has 0 saturated carbocycles. The molecule has 37 heavy (non-hydrogen) atoms. The summed E-state index contributed by atoms with van der Waals surface area (Å²) in [6.07, 6.45) is 1.88.